The molecule has 0 saturated heterocycles. The number of ether oxygens (including phenoxy) is 1. The number of hydrogen-bond donors (Lipinski definition) is 6. The van der Waals surface area contributed by atoms with Crippen molar-refractivity contribution in [2.24, 2.45) is 0 Å². The highest BCUT2D eigenvalue weighted by Gasteiger charge is 2.25. The van der Waals surface area contributed by atoms with Crippen LogP contribution in [-0.2, 0) is 14.4 Å². The zero-order valence-corrected chi connectivity index (χ0v) is 26.6. The van der Waals surface area contributed by atoms with Crippen LogP contribution in [-0.4, -0.2) is 75.0 Å². The summed E-state index contributed by atoms with van der Waals surface area (Å²) in [6, 6.07) is 12.3. The number of benzene rings is 4. The van der Waals surface area contributed by atoms with Gasteiger partial charge in [-0.05, 0) is 42.0 Å². The molecule has 17 heteroatoms. The smallest absolute Gasteiger partial charge is 0.341 e. The molecule has 1 heterocycles. The lowest BCUT2D eigenvalue weighted by molar-refractivity contribution is -0.140. The second-order valence-corrected chi connectivity index (χ2v) is 11.4. The molecule has 0 fully saturated rings. The minimum Gasteiger partial charge on any atom is -0.506 e. The van der Waals surface area contributed by atoms with Crippen molar-refractivity contribution in [3.8, 4) is 33.9 Å². The van der Waals surface area contributed by atoms with Crippen molar-refractivity contribution in [1.29, 1.82) is 0 Å². The fourth-order valence-electron chi connectivity index (χ4n) is 5.14. The average molecular weight is 725 g/mol. The normalized spacial score (nSPS) is 10.9. The second kappa shape index (κ2) is 14.0. The molecule has 3 aromatic rings. The summed E-state index contributed by atoms with van der Waals surface area (Å²) in [5.74, 6) is -6.99. The lowest BCUT2D eigenvalue weighted by Crippen LogP contribution is -2.34. The van der Waals surface area contributed by atoms with E-state index >= 15 is 0 Å². The molecule has 1 aliphatic heterocycles. The molecule has 3 aromatic carbocycles. The first-order valence-corrected chi connectivity index (χ1v) is 14.8. The maximum atomic E-state index is 13.4. The van der Waals surface area contributed by atoms with E-state index in [0.717, 1.165) is 23.1 Å². The highest BCUT2D eigenvalue weighted by atomic mass is 35.5. The summed E-state index contributed by atoms with van der Waals surface area (Å²) < 4.78 is 11.1. The number of amides is 1. The maximum absolute atomic E-state index is 13.4. The molecule has 6 N–H and O–H groups in total. The molecule has 0 aromatic heterocycles. The quantitative estimate of drug-likeness (QED) is 0.0932. The topological polar surface area (TPSA) is 241 Å². The monoisotopic (exact) mass is 724 g/mol. The van der Waals surface area contributed by atoms with E-state index < -0.39 is 54.9 Å². The molecule has 0 atom stereocenters. The molecular formula is C33H22Cl2N2O13. The number of carbonyl (C=O) groups is 5. The number of aromatic hydroxyl groups is 1. The minimum absolute atomic E-state index is 0.00450. The van der Waals surface area contributed by atoms with Gasteiger partial charge in [-0.3, -0.25) is 19.2 Å². The van der Waals surface area contributed by atoms with Gasteiger partial charge in [-0.15, -0.1) is 0 Å². The number of hydrogen-bond acceptors (Lipinski definition) is 10. The van der Waals surface area contributed by atoms with Crippen molar-refractivity contribution in [3.63, 3.8) is 0 Å². The molecule has 15 nitrogen and oxygen atoms in total. The Morgan fingerprint density at radius 3 is 2.14 bits per heavy atom. The van der Waals surface area contributed by atoms with Crippen LogP contribution in [0.2, 0.25) is 10.0 Å². The average Bonchev–Trinajstić information content (AvgIpc) is 3.03. The van der Waals surface area contributed by atoms with Crippen molar-refractivity contribution in [2.45, 2.75) is 0 Å². The van der Waals surface area contributed by atoms with E-state index in [2.05, 4.69) is 5.32 Å². The summed E-state index contributed by atoms with van der Waals surface area (Å²) in [6.07, 6.45) is 0. The Hall–Kier alpha value is -6.32. The van der Waals surface area contributed by atoms with E-state index in [1.807, 2.05) is 0 Å². The third-order valence-electron chi connectivity index (χ3n) is 7.18. The van der Waals surface area contributed by atoms with Crippen LogP contribution in [0.25, 0.3) is 33.4 Å². The van der Waals surface area contributed by atoms with Crippen molar-refractivity contribution in [3.05, 3.63) is 92.1 Å². The van der Waals surface area contributed by atoms with E-state index in [4.69, 9.17) is 37.5 Å². The lowest BCUT2D eigenvalue weighted by Gasteiger charge is -2.24. The predicted octanol–water partition coefficient (Wildman–Crippen LogP) is 4.97. The number of fused-ring (bicyclic) bond motifs is 2. The van der Waals surface area contributed by atoms with Crippen LogP contribution >= 0.6 is 23.2 Å². The van der Waals surface area contributed by atoms with Crippen LogP contribution in [0.4, 0.5) is 11.4 Å². The Labute approximate surface area is 289 Å². The Morgan fingerprint density at radius 2 is 1.50 bits per heavy atom. The third-order valence-corrected chi connectivity index (χ3v) is 7.78. The summed E-state index contributed by atoms with van der Waals surface area (Å²) in [5.41, 5.74) is -0.579. The van der Waals surface area contributed by atoms with Crippen molar-refractivity contribution >= 4 is 75.3 Å². The molecule has 1 amide bonds. The van der Waals surface area contributed by atoms with Crippen LogP contribution in [0.5, 0.6) is 11.5 Å². The summed E-state index contributed by atoms with van der Waals surface area (Å²) in [5, 5.41) is 50.6. The highest BCUT2D eigenvalue weighted by molar-refractivity contribution is 6.33. The molecular weight excluding hydrogens is 703 g/mol. The number of phenols is 1. The summed E-state index contributed by atoms with van der Waals surface area (Å²) in [6.45, 7) is -2.43. The number of aliphatic carboxylic acids is 3. The first-order chi connectivity index (χ1) is 23.6. The van der Waals surface area contributed by atoms with Gasteiger partial charge in [0.1, 0.15) is 35.9 Å². The van der Waals surface area contributed by atoms with Crippen LogP contribution in [0.3, 0.4) is 0 Å². The lowest BCUT2D eigenvalue weighted by atomic mass is 9.89. The largest absolute Gasteiger partial charge is 0.506 e. The van der Waals surface area contributed by atoms with E-state index in [0.29, 0.717) is 0 Å². The fourth-order valence-corrected chi connectivity index (χ4v) is 5.46. The Bertz CT molecular complexity index is 2250. The van der Waals surface area contributed by atoms with E-state index in [1.165, 1.54) is 42.5 Å². The number of anilines is 2. The van der Waals surface area contributed by atoms with Gasteiger partial charge in [-0.25, -0.2) is 9.59 Å². The molecule has 5 rings (SSSR count). The number of halogens is 2. The number of nitrogens with zero attached hydrogens (tertiary/aromatic N) is 1. The van der Waals surface area contributed by atoms with Crippen molar-refractivity contribution in [2.75, 3.05) is 29.9 Å². The number of rotatable bonds is 12. The predicted molar refractivity (Wildman–Crippen MR) is 178 cm³/mol. The maximum Gasteiger partial charge on any atom is 0.341 e. The van der Waals surface area contributed by atoms with Gasteiger partial charge in [0.25, 0.3) is 5.91 Å². The van der Waals surface area contributed by atoms with Crippen molar-refractivity contribution < 1.29 is 58.7 Å². The summed E-state index contributed by atoms with van der Waals surface area (Å²) in [4.78, 5) is 73.2. The highest BCUT2D eigenvalue weighted by Crippen LogP contribution is 2.44. The molecule has 0 saturated carbocycles. The fraction of sp³-hybridized carbons (Fsp3) is 0.0909. The SMILES string of the molecule is O=C(O)COc1cc(NC(=O)c2ccc(-c3c4cc(Cl)c(=O)cc-4oc4cc(O)c(Cl)cc34)c(C(=O)O)c2)ccc1N(CC(=O)O)CC(=O)O. The Kier molecular flexibility index (Phi) is 9.83. The standard InChI is InChI=1S/C33H22Cl2N2O13/c34-20-7-18-25(9-23(20)38)50-26-10-24(39)21(35)8-19(26)31(18)16-3-1-14(5-17(16)33(47)48)32(46)36-15-2-4-22(27(6-15)49-13-30(44)45)37(11-28(40)41)12-29(42)43/h1-10,38H,11-13H2,(H,36,46)(H,40,41)(H,42,43)(H,44,45)(H,47,48). The molecule has 0 unspecified atom stereocenters. The molecule has 0 radical (unpaired) electrons. The summed E-state index contributed by atoms with van der Waals surface area (Å²) in [7, 11) is 0. The van der Waals surface area contributed by atoms with Gasteiger partial charge in [0, 0.05) is 46.0 Å². The zero-order chi connectivity index (χ0) is 36.4. The molecule has 0 spiro atoms. The van der Waals surface area contributed by atoms with E-state index in [1.54, 1.807) is 0 Å². The van der Waals surface area contributed by atoms with Gasteiger partial charge in [0.15, 0.2) is 6.61 Å². The molecule has 0 bridgehead atoms. The molecule has 256 valence electrons. The van der Waals surface area contributed by atoms with Gasteiger partial charge in [0.2, 0.25) is 5.43 Å². The number of aromatic carboxylic acids is 1. The summed E-state index contributed by atoms with van der Waals surface area (Å²) >= 11 is 12.3. The van der Waals surface area contributed by atoms with Crippen LogP contribution < -0.4 is 20.4 Å². The number of carboxylic acid groups (broad SMARTS) is 4. The number of phenolic OH excluding ortho intramolecular Hbond substituents is 1. The van der Waals surface area contributed by atoms with Crippen LogP contribution in [0.15, 0.2) is 69.9 Å². The van der Waals surface area contributed by atoms with Gasteiger partial charge in [0.05, 0.1) is 21.3 Å². The molecule has 50 heavy (non-hydrogen) atoms. The number of nitrogens with one attached hydrogen (secondary N) is 1. The van der Waals surface area contributed by atoms with Gasteiger partial charge in [-0.1, -0.05) is 29.3 Å². The minimum atomic E-state index is -1.45. The Morgan fingerprint density at radius 1 is 0.800 bits per heavy atom. The van der Waals surface area contributed by atoms with E-state index in [9.17, 15) is 49.2 Å². The number of carbonyl (C=O) groups excluding carboxylic acids is 1. The molecule has 2 aliphatic rings. The van der Waals surface area contributed by atoms with E-state index in [-0.39, 0.29) is 77.5 Å². The first-order valence-electron chi connectivity index (χ1n) is 14.1. The molecule has 1 aliphatic carbocycles. The van der Waals surface area contributed by atoms with Gasteiger partial charge >= 0.3 is 23.9 Å². The van der Waals surface area contributed by atoms with Crippen molar-refractivity contribution in [1.82, 2.24) is 0 Å². The van der Waals surface area contributed by atoms with Crippen LogP contribution in [0, 0.1) is 0 Å². The third kappa shape index (κ3) is 7.38. The first kappa shape index (κ1) is 35.0. The Balaban J connectivity index is 1.58. The second-order valence-electron chi connectivity index (χ2n) is 10.6. The van der Waals surface area contributed by atoms with Gasteiger partial charge in [-0.2, -0.15) is 0 Å². The number of carboxylic acids is 4. The van der Waals surface area contributed by atoms with Gasteiger partial charge < -0.3 is 44.9 Å². The zero-order valence-electron chi connectivity index (χ0n) is 25.1. The van der Waals surface area contributed by atoms with Crippen LogP contribution in [0.1, 0.15) is 20.7 Å².